The highest BCUT2D eigenvalue weighted by Gasteiger charge is 2.59. The zero-order valence-electron chi connectivity index (χ0n) is 15.9. The summed E-state index contributed by atoms with van der Waals surface area (Å²) in [6, 6.07) is 2.79. The summed E-state index contributed by atoms with van der Waals surface area (Å²) in [4.78, 5) is 13.2. The first-order valence-electron chi connectivity index (χ1n) is 9.04. The summed E-state index contributed by atoms with van der Waals surface area (Å²) in [7, 11) is 1.35. The van der Waals surface area contributed by atoms with Crippen LogP contribution >= 0.6 is 0 Å². The first-order valence-corrected chi connectivity index (χ1v) is 9.04. The quantitative estimate of drug-likeness (QED) is 0.715. The minimum absolute atomic E-state index is 0.189. The summed E-state index contributed by atoms with van der Waals surface area (Å²) in [6.07, 6.45) is -5.20. The molecular weight excluding hydrogens is 380 g/mol. The van der Waals surface area contributed by atoms with Crippen molar-refractivity contribution in [1.29, 1.82) is 0 Å². The van der Waals surface area contributed by atoms with Crippen molar-refractivity contribution in [2.45, 2.75) is 56.0 Å². The Labute approximate surface area is 160 Å². The monoisotopic (exact) mass is 404 g/mol. The number of alkyl halides is 3. The Morgan fingerprint density at radius 2 is 2.00 bits per heavy atom. The Morgan fingerprint density at radius 1 is 1.32 bits per heavy atom. The zero-order chi connectivity index (χ0) is 20.9. The smallest absolute Gasteiger partial charge is 0.418 e. The summed E-state index contributed by atoms with van der Waals surface area (Å²) in [6.45, 7) is 2.55. The second-order valence-electron chi connectivity index (χ2n) is 8.32. The molecule has 0 saturated carbocycles. The molecule has 2 bridgehead atoms. The molecule has 2 saturated heterocycles. The summed E-state index contributed by atoms with van der Waals surface area (Å²) >= 11 is 0. The predicted molar refractivity (Wildman–Crippen MR) is 93.5 cm³/mol. The van der Waals surface area contributed by atoms with Gasteiger partial charge in [0.15, 0.2) is 5.60 Å². The van der Waals surface area contributed by atoms with Crippen LogP contribution in [0.2, 0.25) is 0 Å². The number of hydrogen-bond acceptors (Lipinski definition) is 4. The Hall–Kier alpha value is -1.87. The van der Waals surface area contributed by atoms with Crippen molar-refractivity contribution in [3.63, 3.8) is 0 Å². The fourth-order valence-electron chi connectivity index (χ4n) is 4.37. The lowest BCUT2D eigenvalue weighted by Gasteiger charge is -2.41. The van der Waals surface area contributed by atoms with Crippen molar-refractivity contribution in [3.05, 3.63) is 29.6 Å². The van der Waals surface area contributed by atoms with Crippen LogP contribution in [-0.4, -0.2) is 60.0 Å². The van der Waals surface area contributed by atoms with Gasteiger partial charge in [-0.2, -0.15) is 13.2 Å². The van der Waals surface area contributed by atoms with E-state index >= 15 is 0 Å². The molecule has 2 heterocycles. The van der Waals surface area contributed by atoms with E-state index in [1.165, 1.54) is 31.9 Å². The van der Waals surface area contributed by atoms with Crippen molar-refractivity contribution in [3.8, 4) is 5.75 Å². The van der Waals surface area contributed by atoms with Gasteiger partial charge in [-0.15, -0.1) is 0 Å². The molecule has 0 radical (unpaired) electrons. The van der Waals surface area contributed by atoms with Gasteiger partial charge in [0, 0.05) is 24.7 Å². The third kappa shape index (κ3) is 3.69. The van der Waals surface area contributed by atoms with Crippen LogP contribution in [0.5, 0.6) is 5.75 Å². The lowest BCUT2D eigenvalue weighted by molar-refractivity contribution is -0.272. The van der Waals surface area contributed by atoms with Gasteiger partial charge in [-0.25, -0.2) is 4.39 Å². The SMILES string of the molecule is COc1ccc(F)cc1C(C)(C)CC(O)(CN1CC2CC1C(=O)N2)C(F)(F)F. The molecule has 1 aromatic rings. The average Bonchev–Trinajstić information content (AvgIpc) is 3.11. The number of β-amino-alcohol motifs (C(OH)–C–C–N with tert-alkyl or cyclic N) is 1. The van der Waals surface area contributed by atoms with Crippen LogP contribution in [0, 0.1) is 5.82 Å². The van der Waals surface area contributed by atoms with Gasteiger partial charge in [-0.3, -0.25) is 9.69 Å². The summed E-state index contributed by atoms with van der Waals surface area (Å²) in [5.41, 5.74) is -4.09. The van der Waals surface area contributed by atoms with Crippen LogP contribution in [0.15, 0.2) is 18.2 Å². The van der Waals surface area contributed by atoms with Gasteiger partial charge in [0.25, 0.3) is 0 Å². The fourth-order valence-corrected chi connectivity index (χ4v) is 4.37. The highest BCUT2D eigenvalue weighted by molar-refractivity contribution is 5.85. The van der Waals surface area contributed by atoms with E-state index in [0.29, 0.717) is 6.42 Å². The minimum atomic E-state index is -4.93. The standard InChI is InChI=1S/C19H24F4N2O3/c1-17(2,13-6-11(20)4-5-15(13)28-3)9-18(27,19(21,22)23)10-25-8-12-7-14(25)16(26)24-12/h4-6,12,14,27H,7-10H2,1-3H3,(H,24,26). The number of fused-ring (bicyclic) bond motifs is 2. The number of benzene rings is 1. The maximum atomic E-state index is 13.9. The van der Waals surface area contributed by atoms with Gasteiger partial charge < -0.3 is 15.2 Å². The van der Waals surface area contributed by atoms with Crippen LogP contribution in [-0.2, 0) is 10.2 Å². The number of piperazine rings is 1. The second kappa shape index (κ2) is 6.88. The number of nitrogens with zero attached hydrogens (tertiary/aromatic N) is 1. The van der Waals surface area contributed by atoms with E-state index in [-0.39, 0.29) is 29.8 Å². The minimum Gasteiger partial charge on any atom is -0.496 e. The predicted octanol–water partition coefficient (Wildman–Crippen LogP) is 2.37. The molecule has 3 unspecified atom stereocenters. The molecule has 2 aliphatic rings. The highest BCUT2D eigenvalue weighted by atomic mass is 19.4. The number of methoxy groups -OCH3 is 1. The van der Waals surface area contributed by atoms with E-state index < -0.39 is 42.0 Å². The maximum Gasteiger partial charge on any atom is 0.418 e. The molecule has 3 atom stereocenters. The lowest BCUT2D eigenvalue weighted by Crippen LogP contribution is -2.59. The van der Waals surface area contributed by atoms with Crippen molar-refractivity contribution in [1.82, 2.24) is 10.2 Å². The third-order valence-corrected chi connectivity index (χ3v) is 5.67. The van der Waals surface area contributed by atoms with Gasteiger partial charge in [0.05, 0.1) is 13.2 Å². The highest BCUT2D eigenvalue weighted by Crippen LogP contribution is 2.45. The largest absolute Gasteiger partial charge is 0.496 e. The van der Waals surface area contributed by atoms with Crippen molar-refractivity contribution in [2.24, 2.45) is 0 Å². The topological polar surface area (TPSA) is 61.8 Å². The van der Waals surface area contributed by atoms with Crippen molar-refractivity contribution >= 4 is 5.91 Å². The molecule has 9 heteroatoms. The van der Waals surface area contributed by atoms with Gasteiger partial charge in [0.2, 0.25) is 5.91 Å². The molecular formula is C19H24F4N2O3. The summed E-state index contributed by atoms with van der Waals surface area (Å²) in [5, 5.41) is 13.4. The number of rotatable bonds is 6. The molecule has 28 heavy (non-hydrogen) atoms. The van der Waals surface area contributed by atoms with Crippen LogP contribution in [0.4, 0.5) is 17.6 Å². The zero-order valence-corrected chi connectivity index (χ0v) is 15.9. The average molecular weight is 404 g/mol. The van der Waals surface area contributed by atoms with Crippen LogP contribution in [0.1, 0.15) is 32.3 Å². The molecule has 2 aliphatic heterocycles. The molecule has 156 valence electrons. The van der Waals surface area contributed by atoms with E-state index in [9.17, 15) is 27.5 Å². The number of ether oxygens (including phenoxy) is 1. The van der Waals surface area contributed by atoms with E-state index in [1.807, 2.05) is 0 Å². The molecule has 2 fully saturated rings. The van der Waals surface area contributed by atoms with Gasteiger partial charge >= 0.3 is 6.18 Å². The molecule has 1 aromatic carbocycles. The number of nitrogens with one attached hydrogen (secondary N) is 1. The molecule has 0 spiro atoms. The number of halogens is 4. The van der Waals surface area contributed by atoms with E-state index in [0.717, 1.165) is 12.1 Å². The summed E-state index contributed by atoms with van der Waals surface area (Å²) in [5.74, 6) is -0.671. The summed E-state index contributed by atoms with van der Waals surface area (Å²) < 4.78 is 60.7. The van der Waals surface area contributed by atoms with Gasteiger partial charge in [-0.1, -0.05) is 13.8 Å². The number of carbonyl (C=O) groups is 1. The number of amides is 1. The van der Waals surface area contributed by atoms with Crippen molar-refractivity contribution < 1.29 is 32.2 Å². The Bertz CT molecular complexity index is 768. The Kier molecular flexibility index (Phi) is 5.12. The Balaban J connectivity index is 1.90. The second-order valence-corrected chi connectivity index (χ2v) is 8.32. The molecule has 3 rings (SSSR count). The molecule has 0 aliphatic carbocycles. The number of likely N-dealkylation sites (tertiary alicyclic amines) is 1. The first kappa shape index (κ1) is 20.9. The Morgan fingerprint density at radius 3 is 2.54 bits per heavy atom. The van der Waals surface area contributed by atoms with Crippen LogP contribution in [0.25, 0.3) is 0 Å². The van der Waals surface area contributed by atoms with Crippen LogP contribution < -0.4 is 10.1 Å². The van der Waals surface area contributed by atoms with Gasteiger partial charge in [0.1, 0.15) is 11.6 Å². The van der Waals surface area contributed by atoms with E-state index in [1.54, 1.807) is 0 Å². The fraction of sp³-hybridized carbons (Fsp3) is 0.632. The third-order valence-electron chi connectivity index (χ3n) is 5.67. The molecule has 5 nitrogen and oxygen atoms in total. The van der Waals surface area contributed by atoms with E-state index in [2.05, 4.69) is 5.32 Å². The normalized spacial score (nSPS) is 24.9. The van der Waals surface area contributed by atoms with Gasteiger partial charge in [-0.05, 0) is 36.5 Å². The number of carbonyl (C=O) groups excluding carboxylic acids is 1. The molecule has 2 N–H and O–H groups in total. The first-order chi connectivity index (χ1) is 12.9. The maximum absolute atomic E-state index is 13.9. The van der Waals surface area contributed by atoms with Crippen molar-refractivity contribution in [2.75, 3.05) is 20.2 Å². The van der Waals surface area contributed by atoms with E-state index in [4.69, 9.17) is 4.74 Å². The molecule has 0 aromatic heterocycles. The number of hydrogen-bond donors (Lipinski definition) is 2. The number of aliphatic hydroxyl groups is 1. The lowest BCUT2D eigenvalue weighted by atomic mass is 9.74. The van der Waals surface area contributed by atoms with Crippen LogP contribution in [0.3, 0.4) is 0 Å². The molecule has 1 amide bonds.